The second kappa shape index (κ2) is 6.68. The van der Waals surface area contributed by atoms with Crippen molar-refractivity contribution in [3.05, 3.63) is 41.6 Å². The zero-order valence-electron chi connectivity index (χ0n) is 10.5. The van der Waals surface area contributed by atoms with E-state index in [1.807, 2.05) is 39.0 Å². The summed E-state index contributed by atoms with van der Waals surface area (Å²) in [6.07, 6.45) is 10.1. The van der Waals surface area contributed by atoms with Crippen LogP contribution >= 0.6 is 0 Å². The Kier molecular flexibility index (Phi) is 5.20. The fourth-order valence-corrected chi connectivity index (χ4v) is 1.25. The molecule has 0 aromatic carbocycles. The third-order valence-corrected chi connectivity index (χ3v) is 2.32. The average Bonchev–Trinajstić information content (AvgIpc) is 2.35. The lowest BCUT2D eigenvalue weighted by Crippen LogP contribution is -1.91. The number of nitrogens with one attached hydrogen (secondary N) is 1. The van der Waals surface area contributed by atoms with Crippen molar-refractivity contribution in [2.45, 2.75) is 27.2 Å². The van der Waals surface area contributed by atoms with E-state index in [1.54, 1.807) is 12.4 Å². The Morgan fingerprint density at radius 2 is 2.06 bits per heavy atom. The smallest absolute Gasteiger partial charge is 0.127 e. The molecule has 1 aromatic heterocycles. The molecule has 1 N–H and O–H groups in total. The van der Waals surface area contributed by atoms with Crippen molar-refractivity contribution in [2.75, 3.05) is 0 Å². The van der Waals surface area contributed by atoms with Crippen LogP contribution < -0.4 is 0 Å². The second-order valence-electron chi connectivity index (χ2n) is 4.00. The Morgan fingerprint density at radius 1 is 1.41 bits per heavy atom. The SMILES string of the molecule is CCc1ncc(/C=C/C=C(\N=N)C(C)C)cn1. The van der Waals surface area contributed by atoms with E-state index in [0.29, 0.717) is 0 Å². The van der Waals surface area contributed by atoms with Crippen LogP contribution in [0.5, 0.6) is 0 Å². The molecule has 4 nitrogen and oxygen atoms in total. The summed E-state index contributed by atoms with van der Waals surface area (Å²) in [7, 11) is 0. The van der Waals surface area contributed by atoms with Crippen LogP contribution in [0.4, 0.5) is 0 Å². The van der Waals surface area contributed by atoms with Crippen LogP contribution in [0.1, 0.15) is 32.2 Å². The summed E-state index contributed by atoms with van der Waals surface area (Å²) < 4.78 is 0. The molecule has 0 fully saturated rings. The van der Waals surface area contributed by atoms with Crippen molar-refractivity contribution >= 4 is 6.08 Å². The predicted octanol–water partition coefficient (Wildman–Crippen LogP) is 3.62. The van der Waals surface area contributed by atoms with Crippen LogP contribution in [0.15, 0.2) is 35.4 Å². The number of nitrogens with zero attached hydrogens (tertiary/aromatic N) is 3. The molecule has 0 aliphatic rings. The topological polar surface area (TPSA) is 62.0 Å². The van der Waals surface area contributed by atoms with Gasteiger partial charge in [-0.1, -0.05) is 32.9 Å². The molecule has 0 atom stereocenters. The fourth-order valence-electron chi connectivity index (χ4n) is 1.25. The minimum absolute atomic E-state index is 0.260. The van der Waals surface area contributed by atoms with Crippen LogP contribution in [-0.4, -0.2) is 9.97 Å². The molecule has 17 heavy (non-hydrogen) atoms. The average molecular weight is 230 g/mol. The molecule has 0 aliphatic heterocycles. The number of rotatable bonds is 5. The molecule has 4 heteroatoms. The van der Waals surface area contributed by atoms with Crippen LogP contribution in [0.2, 0.25) is 0 Å². The van der Waals surface area contributed by atoms with Crippen molar-refractivity contribution in [1.82, 2.24) is 9.97 Å². The molecule has 0 bridgehead atoms. The van der Waals surface area contributed by atoms with Gasteiger partial charge >= 0.3 is 0 Å². The number of hydrogen-bond donors (Lipinski definition) is 1. The summed E-state index contributed by atoms with van der Waals surface area (Å²) in [6, 6.07) is 0. The molecule has 0 aliphatic carbocycles. The quantitative estimate of drug-likeness (QED) is 0.620. The van der Waals surface area contributed by atoms with Crippen LogP contribution in [0.3, 0.4) is 0 Å². The van der Waals surface area contributed by atoms with E-state index in [4.69, 9.17) is 5.53 Å². The van der Waals surface area contributed by atoms with Gasteiger partial charge in [0.05, 0.1) is 5.70 Å². The van der Waals surface area contributed by atoms with Gasteiger partial charge in [0.1, 0.15) is 5.82 Å². The van der Waals surface area contributed by atoms with Gasteiger partial charge in [-0.2, -0.15) is 5.11 Å². The van der Waals surface area contributed by atoms with Gasteiger partial charge in [0, 0.05) is 24.4 Å². The Labute approximate surface area is 102 Å². The summed E-state index contributed by atoms with van der Waals surface area (Å²) in [4.78, 5) is 8.41. The molecule has 1 rings (SSSR count). The molecular formula is C13H18N4. The van der Waals surface area contributed by atoms with E-state index in [1.165, 1.54) is 0 Å². The summed E-state index contributed by atoms with van der Waals surface area (Å²) in [5, 5.41) is 3.47. The summed E-state index contributed by atoms with van der Waals surface area (Å²) in [5.74, 6) is 1.11. The van der Waals surface area contributed by atoms with Crippen molar-refractivity contribution in [2.24, 2.45) is 11.0 Å². The molecule has 0 saturated heterocycles. The van der Waals surface area contributed by atoms with Crippen molar-refractivity contribution < 1.29 is 0 Å². The van der Waals surface area contributed by atoms with E-state index < -0.39 is 0 Å². The first kappa shape index (κ1) is 13.2. The lowest BCUT2D eigenvalue weighted by atomic mass is 10.1. The molecule has 1 aromatic rings. The summed E-state index contributed by atoms with van der Waals surface area (Å²) in [6.45, 7) is 6.05. The van der Waals surface area contributed by atoms with Gasteiger partial charge in [0.2, 0.25) is 0 Å². The number of aryl methyl sites for hydroxylation is 1. The van der Waals surface area contributed by atoms with Gasteiger partial charge in [-0.05, 0) is 12.0 Å². The van der Waals surface area contributed by atoms with Crippen molar-refractivity contribution in [3.8, 4) is 0 Å². The van der Waals surface area contributed by atoms with Gasteiger partial charge < -0.3 is 0 Å². The molecule has 90 valence electrons. The lowest BCUT2D eigenvalue weighted by Gasteiger charge is -2.00. The molecule has 0 spiro atoms. The van der Waals surface area contributed by atoms with Crippen molar-refractivity contribution in [1.29, 1.82) is 5.53 Å². The summed E-state index contributed by atoms with van der Waals surface area (Å²) >= 11 is 0. The maximum absolute atomic E-state index is 7.02. The first-order chi connectivity index (χ1) is 8.17. The van der Waals surface area contributed by atoms with E-state index in [-0.39, 0.29) is 5.92 Å². The van der Waals surface area contributed by atoms with Crippen LogP contribution in [-0.2, 0) is 6.42 Å². The molecule has 0 radical (unpaired) electrons. The Hall–Kier alpha value is -1.84. The number of aromatic nitrogens is 2. The Bertz CT molecular complexity index is 416. The van der Waals surface area contributed by atoms with E-state index >= 15 is 0 Å². The zero-order chi connectivity index (χ0) is 12.7. The van der Waals surface area contributed by atoms with E-state index in [0.717, 1.165) is 23.5 Å². The van der Waals surface area contributed by atoms with Gasteiger partial charge in [-0.15, -0.1) is 0 Å². The lowest BCUT2D eigenvalue weighted by molar-refractivity contribution is 0.732. The molecule has 0 saturated carbocycles. The first-order valence-electron chi connectivity index (χ1n) is 5.74. The zero-order valence-corrected chi connectivity index (χ0v) is 10.5. The predicted molar refractivity (Wildman–Crippen MR) is 68.5 cm³/mol. The van der Waals surface area contributed by atoms with Gasteiger partial charge in [-0.25, -0.2) is 15.5 Å². The van der Waals surface area contributed by atoms with Crippen LogP contribution in [0.25, 0.3) is 6.08 Å². The highest BCUT2D eigenvalue weighted by molar-refractivity contribution is 5.49. The van der Waals surface area contributed by atoms with Gasteiger partial charge in [-0.3, -0.25) is 0 Å². The first-order valence-corrected chi connectivity index (χ1v) is 5.74. The highest BCUT2D eigenvalue weighted by Gasteiger charge is 1.98. The maximum Gasteiger partial charge on any atom is 0.127 e. The molecule has 1 heterocycles. The van der Waals surface area contributed by atoms with Crippen molar-refractivity contribution in [3.63, 3.8) is 0 Å². The monoisotopic (exact) mass is 230 g/mol. The van der Waals surface area contributed by atoms with Gasteiger partial charge in [0.15, 0.2) is 0 Å². The Morgan fingerprint density at radius 3 is 2.53 bits per heavy atom. The fraction of sp³-hybridized carbons (Fsp3) is 0.385. The van der Waals surface area contributed by atoms with Crippen LogP contribution in [0, 0.1) is 11.4 Å². The second-order valence-corrected chi connectivity index (χ2v) is 4.00. The van der Waals surface area contributed by atoms with E-state index in [2.05, 4.69) is 15.1 Å². The summed E-state index contributed by atoms with van der Waals surface area (Å²) in [5.41, 5.74) is 8.73. The third-order valence-electron chi connectivity index (χ3n) is 2.32. The normalized spacial score (nSPS) is 12.4. The Balaban J connectivity index is 2.73. The molecule has 0 amide bonds. The number of hydrogen-bond acceptors (Lipinski definition) is 4. The van der Waals surface area contributed by atoms with Gasteiger partial charge in [0.25, 0.3) is 0 Å². The highest BCUT2D eigenvalue weighted by atomic mass is 15.0. The molecular weight excluding hydrogens is 212 g/mol. The maximum atomic E-state index is 7.02. The molecule has 0 unspecified atom stereocenters. The van der Waals surface area contributed by atoms with E-state index in [9.17, 15) is 0 Å². The highest BCUT2D eigenvalue weighted by Crippen LogP contribution is 2.11. The largest absolute Gasteiger partial charge is 0.241 e. The minimum Gasteiger partial charge on any atom is -0.241 e. The third kappa shape index (κ3) is 4.26. The minimum atomic E-state index is 0.260. The number of allylic oxidation sites excluding steroid dienone is 3. The standard InChI is InChI=1S/C13H18N4/c1-4-13-15-8-11(9-16-13)6-5-7-12(17-14)10(2)3/h5-10,14H,4H2,1-3H3/b6-5+,12-7-,17-14?.